The molecule has 0 aliphatic heterocycles. The van der Waals surface area contributed by atoms with Crippen LogP contribution in [0.3, 0.4) is 0 Å². The highest BCUT2D eigenvalue weighted by Crippen LogP contribution is 2.34. The van der Waals surface area contributed by atoms with Crippen LogP contribution in [-0.4, -0.2) is 35.4 Å². The van der Waals surface area contributed by atoms with Gasteiger partial charge in [-0.15, -0.1) is 0 Å². The molecule has 1 aromatic heterocycles. The molecule has 1 heterocycles. The van der Waals surface area contributed by atoms with Crippen LogP contribution in [0.1, 0.15) is 23.3 Å². The molecule has 0 radical (unpaired) electrons. The van der Waals surface area contributed by atoms with Gasteiger partial charge in [-0.3, -0.25) is 14.6 Å². The van der Waals surface area contributed by atoms with E-state index in [0.29, 0.717) is 12.1 Å². The number of rotatable bonds is 7. The van der Waals surface area contributed by atoms with E-state index < -0.39 is 5.91 Å². The summed E-state index contributed by atoms with van der Waals surface area (Å²) in [4.78, 5) is 31.7. The Labute approximate surface area is 155 Å². The van der Waals surface area contributed by atoms with E-state index in [0.717, 1.165) is 13.0 Å². The van der Waals surface area contributed by atoms with Crippen LogP contribution in [0, 0.1) is 0 Å². The summed E-state index contributed by atoms with van der Waals surface area (Å²) >= 11 is 12.4. The molecule has 0 unspecified atom stereocenters. The van der Waals surface area contributed by atoms with Gasteiger partial charge in [0.05, 0.1) is 21.9 Å². The lowest BCUT2D eigenvalue weighted by Crippen LogP contribution is -2.16. The number of hydrogen-bond acceptors (Lipinski definition) is 5. The Morgan fingerprint density at radius 2 is 1.84 bits per heavy atom. The number of halogens is 2. The predicted molar refractivity (Wildman–Crippen MR) is 98.2 cm³/mol. The van der Waals surface area contributed by atoms with E-state index in [4.69, 9.17) is 23.2 Å². The highest BCUT2D eigenvalue weighted by molar-refractivity contribution is 6.40. The van der Waals surface area contributed by atoms with E-state index in [2.05, 4.69) is 25.9 Å². The van der Waals surface area contributed by atoms with Crippen molar-refractivity contribution in [1.29, 1.82) is 0 Å². The first-order valence-electron chi connectivity index (χ1n) is 7.52. The SMILES string of the molecule is CNCCCC(=O)Nc1cc(Cl)c(NC(=O)c2cnccn2)c(Cl)c1. The van der Waals surface area contributed by atoms with Crippen molar-refractivity contribution in [2.45, 2.75) is 12.8 Å². The lowest BCUT2D eigenvalue weighted by molar-refractivity contribution is -0.116. The van der Waals surface area contributed by atoms with Gasteiger partial charge in [0.1, 0.15) is 5.69 Å². The third kappa shape index (κ3) is 5.67. The van der Waals surface area contributed by atoms with Crippen molar-refractivity contribution in [3.63, 3.8) is 0 Å². The Morgan fingerprint density at radius 1 is 1.12 bits per heavy atom. The van der Waals surface area contributed by atoms with Gasteiger partial charge in [0, 0.05) is 24.5 Å². The Bertz CT molecular complexity index is 732. The number of aromatic nitrogens is 2. The number of anilines is 2. The van der Waals surface area contributed by atoms with E-state index in [9.17, 15) is 9.59 Å². The molecule has 0 spiro atoms. The Morgan fingerprint density at radius 3 is 2.44 bits per heavy atom. The summed E-state index contributed by atoms with van der Waals surface area (Å²) in [6.07, 6.45) is 5.30. The minimum absolute atomic E-state index is 0.136. The maximum Gasteiger partial charge on any atom is 0.275 e. The number of benzene rings is 1. The van der Waals surface area contributed by atoms with Crippen molar-refractivity contribution in [3.8, 4) is 0 Å². The Kier molecular flexibility index (Phi) is 7.12. The number of nitrogens with one attached hydrogen (secondary N) is 3. The molecule has 2 rings (SSSR count). The lowest BCUT2D eigenvalue weighted by Gasteiger charge is -2.12. The standard InChI is InChI=1S/C16H17Cl2N5O2/c1-19-4-2-3-14(24)22-10-7-11(17)15(12(18)8-10)23-16(25)13-9-20-5-6-21-13/h5-9,19H,2-4H2,1H3,(H,22,24)(H,23,25). The molecule has 0 bridgehead atoms. The fourth-order valence-electron chi connectivity index (χ4n) is 2.01. The van der Waals surface area contributed by atoms with Gasteiger partial charge in [0.25, 0.3) is 5.91 Å². The van der Waals surface area contributed by atoms with E-state index in [-0.39, 0.29) is 27.3 Å². The zero-order valence-electron chi connectivity index (χ0n) is 13.5. The summed E-state index contributed by atoms with van der Waals surface area (Å²) in [5.41, 5.74) is 0.839. The summed E-state index contributed by atoms with van der Waals surface area (Å²) in [5, 5.41) is 8.70. The van der Waals surface area contributed by atoms with Crippen LogP contribution in [0.15, 0.2) is 30.7 Å². The number of carbonyl (C=O) groups excluding carboxylic acids is 2. The second-order valence-electron chi connectivity index (χ2n) is 5.11. The van der Waals surface area contributed by atoms with Crippen LogP contribution >= 0.6 is 23.2 Å². The predicted octanol–water partition coefficient (Wildman–Crippen LogP) is 2.97. The Balaban J connectivity index is 2.07. The second-order valence-corrected chi connectivity index (χ2v) is 5.93. The van der Waals surface area contributed by atoms with Crippen LogP contribution in [0.4, 0.5) is 11.4 Å². The molecule has 2 amide bonds. The van der Waals surface area contributed by atoms with Gasteiger partial charge in [0.2, 0.25) is 5.91 Å². The van der Waals surface area contributed by atoms with Gasteiger partial charge in [-0.25, -0.2) is 4.98 Å². The average molecular weight is 382 g/mol. The molecule has 3 N–H and O–H groups in total. The smallest absolute Gasteiger partial charge is 0.275 e. The molecule has 9 heteroatoms. The molecule has 0 atom stereocenters. The number of carbonyl (C=O) groups is 2. The highest BCUT2D eigenvalue weighted by atomic mass is 35.5. The van der Waals surface area contributed by atoms with Gasteiger partial charge in [-0.1, -0.05) is 23.2 Å². The molecule has 0 aliphatic carbocycles. The quantitative estimate of drug-likeness (QED) is 0.640. The van der Waals surface area contributed by atoms with Crippen LogP contribution in [-0.2, 0) is 4.79 Å². The average Bonchev–Trinajstić information content (AvgIpc) is 2.59. The fourth-order valence-corrected chi connectivity index (χ4v) is 2.59. The second kappa shape index (κ2) is 9.31. The van der Waals surface area contributed by atoms with Crippen LogP contribution in [0.2, 0.25) is 10.0 Å². The monoisotopic (exact) mass is 381 g/mol. The zero-order valence-corrected chi connectivity index (χ0v) is 15.0. The van der Waals surface area contributed by atoms with Crippen LogP contribution in [0.5, 0.6) is 0 Å². The maximum absolute atomic E-state index is 12.1. The van der Waals surface area contributed by atoms with Crippen molar-refractivity contribution in [2.75, 3.05) is 24.2 Å². The van der Waals surface area contributed by atoms with Gasteiger partial charge >= 0.3 is 0 Å². The van der Waals surface area contributed by atoms with Crippen LogP contribution in [0.25, 0.3) is 0 Å². The third-order valence-electron chi connectivity index (χ3n) is 3.19. The summed E-state index contributed by atoms with van der Waals surface area (Å²) < 4.78 is 0. The molecule has 2 aromatic rings. The molecular weight excluding hydrogens is 365 g/mol. The lowest BCUT2D eigenvalue weighted by atomic mass is 10.2. The number of nitrogens with zero attached hydrogens (tertiary/aromatic N) is 2. The molecule has 1 aromatic carbocycles. The molecule has 0 saturated heterocycles. The van der Waals surface area contributed by atoms with Gasteiger partial charge in [-0.05, 0) is 32.1 Å². The zero-order chi connectivity index (χ0) is 18.2. The third-order valence-corrected chi connectivity index (χ3v) is 3.79. The topological polar surface area (TPSA) is 96.0 Å². The van der Waals surface area contributed by atoms with E-state index in [1.165, 1.54) is 30.7 Å². The van der Waals surface area contributed by atoms with Crippen LogP contribution < -0.4 is 16.0 Å². The first kappa shape index (κ1) is 19.1. The van der Waals surface area contributed by atoms with Crippen molar-refractivity contribution >= 4 is 46.4 Å². The first-order valence-corrected chi connectivity index (χ1v) is 8.27. The minimum Gasteiger partial charge on any atom is -0.326 e. The summed E-state index contributed by atoms with van der Waals surface area (Å²) in [6, 6.07) is 3.05. The van der Waals surface area contributed by atoms with E-state index >= 15 is 0 Å². The summed E-state index contributed by atoms with van der Waals surface area (Å²) in [5.74, 6) is -0.625. The minimum atomic E-state index is -0.485. The maximum atomic E-state index is 12.1. The molecule has 132 valence electrons. The number of hydrogen-bond donors (Lipinski definition) is 3. The summed E-state index contributed by atoms with van der Waals surface area (Å²) in [6.45, 7) is 0.752. The molecule has 25 heavy (non-hydrogen) atoms. The Hall–Kier alpha value is -2.22. The normalized spacial score (nSPS) is 10.4. The van der Waals surface area contributed by atoms with Gasteiger partial charge in [0.15, 0.2) is 0 Å². The van der Waals surface area contributed by atoms with Gasteiger partial charge < -0.3 is 16.0 Å². The van der Waals surface area contributed by atoms with Crippen molar-refractivity contribution in [2.24, 2.45) is 0 Å². The van der Waals surface area contributed by atoms with E-state index in [1.807, 2.05) is 7.05 Å². The van der Waals surface area contributed by atoms with Gasteiger partial charge in [-0.2, -0.15) is 0 Å². The molecular formula is C16H17Cl2N5O2. The van der Waals surface area contributed by atoms with Crippen molar-refractivity contribution < 1.29 is 9.59 Å². The van der Waals surface area contributed by atoms with Crippen molar-refractivity contribution in [3.05, 3.63) is 46.5 Å². The first-order chi connectivity index (χ1) is 12.0. The number of amides is 2. The molecule has 0 aliphatic rings. The molecule has 7 nitrogen and oxygen atoms in total. The highest BCUT2D eigenvalue weighted by Gasteiger charge is 2.15. The molecule has 0 fully saturated rings. The van der Waals surface area contributed by atoms with E-state index in [1.54, 1.807) is 0 Å². The molecule has 0 saturated carbocycles. The largest absolute Gasteiger partial charge is 0.326 e. The summed E-state index contributed by atoms with van der Waals surface area (Å²) in [7, 11) is 1.82. The van der Waals surface area contributed by atoms with Crippen molar-refractivity contribution in [1.82, 2.24) is 15.3 Å². The fraction of sp³-hybridized carbons (Fsp3) is 0.250.